The summed E-state index contributed by atoms with van der Waals surface area (Å²) in [6.45, 7) is 15.2. The van der Waals surface area contributed by atoms with Gasteiger partial charge in [-0.2, -0.15) is 5.10 Å². The van der Waals surface area contributed by atoms with Gasteiger partial charge < -0.3 is 25.3 Å². The van der Waals surface area contributed by atoms with Crippen LogP contribution in [0.1, 0.15) is 53.0 Å². The number of halogens is 1. The van der Waals surface area contributed by atoms with Crippen LogP contribution in [0.15, 0.2) is 120 Å². The van der Waals surface area contributed by atoms with Crippen molar-refractivity contribution < 1.29 is 19.0 Å². The molecule has 5 aromatic rings. The number of ether oxygens (including phenoxy) is 3. The first kappa shape index (κ1) is 38.1. The summed E-state index contributed by atoms with van der Waals surface area (Å²) in [5.41, 5.74) is 10.2. The minimum atomic E-state index is -0.618. The average molecular weight is 743 g/mol. The van der Waals surface area contributed by atoms with Gasteiger partial charge >= 0.3 is 6.09 Å². The standard InChI is InChI=1S/C21H24BrNO3.C19H24N4O/c1-16(2)13-21(3,15-26-19-11-9-18(22)10-12-19)23-20(24)25-14-17-7-5-4-6-8-17;1-14(2)12-19(3,20)13-24-16-6-4-15(5-7-16)17-8-9-22-23-11-10-21-18(17)23/h4-12H,1,13-15H2,2-3H3,(H,23,24);4-11,14H,12-13,20H2,1-3H3/t21-;19-/m00/s1. The third-order valence-electron chi connectivity index (χ3n) is 7.58. The van der Waals surface area contributed by atoms with Gasteiger partial charge in [-0.1, -0.05) is 77.8 Å². The molecule has 0 aliphatic rings. The van der Waals surface area contributed by atoms with Gasteiger partial charge in [0.05, 0.1) is 5.54 Å². The van der Waals surface area contributed by atoms with Gasteiger partial charge in [-0.15, -0.1) is 6.58 Å². The Kier molecular flexibility index (Phi) is 13.6. The quantitative estimate of drug-likeness (QED) is 0.109. The van der Waals surface area contributed by atoms with Crippen LogP contribution >= 0.6 is 15.9 Å². The monoisotopic (exact) mass is 741 g/mol. The molecule has 5 rings (SSSR count). The largest absolute Gasteiger partial charge is 0.492 e. The highest BCUT2D eigenvalue weighted by atomic mass is 79.9. The molecule has 0 fully saturated rings. The topological polar surface area (TPSA) is 113 Å². The summed E-state index contributed by atoms with van der Waals surface area (Å²) < 4.78 is 19.8. The summed E-state index contributed by atoms with van der Waals surface area (Å²) in [6.07, 6.45) is 6.41. The SMILES string of the molecule is C=C(C)C[C@@](C)(COc1ccc(Br)cc1)NC(=O)OCc1ccccc1.CC(C)C[C@](C)(N)COc1ccc(-c2ccnn3ccnc23)cc1. The van der Waals surface area contributed by atoms with E-state index in [0.29, 0.717) is 25.6 Å². The van der Waals surface area contributed by atoms with Gasteiger partial charge in [0.1, 0.15) is 31.3 Å². The molecule has 0 aliphatic heterocycles. The number of imidazole rings is 1. The lowest BCUT2D eigenvalue weighted by Crippen LogP contribution is -2.50. The number of alkyl carbamates (subject to hydrolysis) is 1. The summed E-state index contributed by atoms with van der Waals surface area (Å²) in [6, 6.07) is 27.1. The molecule has 0 unspecified atom stereocenters. The van der Waals surface area contributed by atoms with E-state index in [1.54, 1.807) is 16.9 Å². The molecular weight excluding hydrogens is 694 g/mol. The van der Waals surface area contributed by atoms with E-state index in [9.17, 15) is 4.79 Å². The Balaban J connectivity index is 0.000000225. The summed E-state index contributed by atoms with van der Waals surface area (Å²) in [7, 11) is 0. The van der Waals surface area contributed by atoms with E-state index in [4.69, 9.17) is 19.9 Å². The fourth-order valence-corrected chi connectivity index (χ4v) is 5.87. The third kappa shape index (κ3) is 12.3. The van der Waals surface area contributed by atoms with E-state index < -0.39 is 11.6 Å². The Morgan fingerprint density at radius 2 is 1.58 bits per heavy atom. The summed E-state index contributed by atoms with van der Waals surface area (Å²) in [5.74, 6) is 2.11. The molecule has 10 heteroatoms. The maximum absolute atomic E-state index is 12.2. The molecule has 264 valence electrons. The van der Waals surface area contributed by atoms with Crippen molar-refractivity contribution in [3.8, 4) is 22.6 Å². The third-order valence-corrected chi connectivity index (χ3v) is 8.11. The average Bonchev–Trinajstić information content (AvgIpc) is 3.56. The molecule has 2 heterocycles. The Morgan fingerprint density at radius 1 is 0.940 bits per heavy atom. The fourth-order valence-electron chi connectivity index (χ4n) is 5.61. The molecule has 9 nitrogen and oxygen atoms in total. The van der Waals surface area contributed by atoms with Crippen LogP contribution in [-0.2, 0) is 11.3 Å². The van der Waals surface area contributed by atoms with Crippen LogP contribution in [0.3, 0.4) is 0 Å². The number of carbonyl (C=O) groups is 1. The van der Waals surface area contributed by atoms with Crippen LogP contribution in [0.5, 0.6) is 11.5 Å². The number of fused-ring (bicyclic) bond motifs is 1. The maximum Gasteiger partial charge on any atom is 0.408 e. The number of nitrogens with zero attached hydrogens (tertiary/aromatic N) is 3. The predicted molar refractivity (Wildman–Crippen MR) is 203 cm³/mol. The molecule has 2 atom stereocenters. The molecule has 2 aromatic heterocycles. The Labute approximate surface area is 304 Å². The zero-order valence-electron chi connectivity index (χ0n) is 29.6. The Morgan fingerprint density at radius 3 is 2.22 bits per heavy atom. The molecular formula is C40H48BrN5O4. The van der Waals surface area contributed by atoms with Crippen molar-refractivity contribution in [1.29, 1.82) is 0 Å². The fraction of sp³-hybridized carbons (Fsp3) is 0.325. The van der Waals surface area contributed by atoms with Gasteiger partial charge in [-0.05, 0) is 93.1 Å². The van der Waals surface area contributed by atoms with Crippen LogP contribution in [0.4, 0.5) is 4.79 Å². The number of rotatable bonds is 14. The molecule has 0 radical (unpaired) electrons. The zero-order chi connectivity index (χ0) is 36.1. The second kappa shape index (κ2) is 17.8. The number of carbonyl (C=O) groups excluding carboxylic acids is 1. The number of aromatic nitrogens is 3. The summed E-state index contributed by atoms with van der Waals surface area (Å²) >= 11 is 3.40. The van der Waals surface area contributed by atoms with E-state index in [0.717, 1.165) is 50.3 Å². The van der Waals surface area contributed by atoms with Crippen LogP contribution in [-0.4, -0.2) is 45.0 Å². The lowest BCUT2D eigenvalue weighted by atomic mass is 9.93. The van der Waals surface area contributed by atoms with E-state index >= 15 is 0 Å². The summed E-state index contributed by atoms with van der Waals surface area (Å²) in [4.78, 5) is 16.6. The molecule has 0 aliphatic carbocycles. The van der Waals surface area contributed by atoms with Crippen LogP contribution in [0, 0.1) is 5.92 Å². The van der Waals surface area contributed by atoms with Crippen molar-refractivity contribution in [2.45, 2.75) is 65.1 Å². The molecule has 3 N–H and O–H groups in total. The van der Waals surface area contributed by atoms with Gasteiger partial charge in [-0.3, -0.25) is 0 Å². The minimum Gasteiger partial charge on any atom is -0.492 e. The lowest BCUT2D eigenvalue weighted by molar-refractivity contribution is 0.115. The zero-order valence-corrected chi connectivity index (χ0v) is 31.2. The number of hydrogen-bond donors (Lipinski definition) is 2. The lowest BCUT2D eigenvalue weighted by Gasteiger charge is -2.30. The van der Waals surface area contributed by atoms with Crippen molar-refractivity contribution in [1.82, 2.24) is 19.9 Å². The number of nitrogens with two attached hydrogens (primary N) is 1. The van der Waals surface area contributed by atoms with Gasteiger partial charge in [-0.25, -0.2) is 14.3 Å². The second-order valence-electron chi connectivity index (χ2n) is 13.6. The second-order valence-corrected chi connectivity index (χ2v) is 14.5. The maximum atomic E-state index is 12.2. The van der Waals surface area contributed by atoms with Gasteiger partial charge in [0, 0.05) is 34.2 Å². The first-order valence-corrected chi connectivity index (χ1v) is 17.4. The molecule has 0 saturated heterocycles. The minimum absolute atomic E-state index is 0.226. The first-order chi connectivity index (χ1) is 23.8. The highest BCUT2D eigenvalue weighted by Crippen LogP contribution is 2.26. The van der Waals surface area contributed by atoms with Gasteiger partial charge in [0.25, 0.3) is 0 Å². The summed E-state index contributed by atoms with van der Waals surface area (Å²) in [5, 5.41) is 7.16. The van der Waals surface area contributed by atoms with Crippen molar-refractivity contribution in [3.05, 3.63) is 126 Å². The highest BCUT2D eigenvalue weighted by Gasteiger charge is 2.28. The van der Waals surface area contributed by atoms with E-state index in [2.05, 4.69) is 51.8 Å². The molecule has 0 spiro atoms. The van der Waals surface area contributed by atoms with Crippen molar-refractivity contribution in [3.63, 3.8) is 0 Å². The van der Waals surface area contributed by atoms with Gasteiger partial charge in [0.2, 0.25) is 0 Å². The highest BCUT2D eigenvalue weighted by molar-refractivity contribution is 9.10. The molecule has 50 heavy (non-hydrogen) atoms. The normalized spacial score (nSPS) is 13.4. The Bertz CT molecular complexity index is 1810. The van der Waals surface area contributed by atoms with Crippen molar-refractivity contribution >= 4 is 27.7 Å². The van der Waals surface area contributed by atoms with E-state index in [-0.39, 0.29) is 12.1 Å². The van der Waals surface area contributed by atoms with E-state index in [1.807, 2.05) is 112 Å². The van der Waals surface area contributed by atoms with Crippen LogP contribution in [0.25, 0.3) is 16.8 Å². The van der Waals surface area contributed by atoms with E-state index in [1.165, 1.54) is 0 Å². The number of amides is 1. The number of benzene rings is 3. The first-order valence-electron chi connectivity index (χ1n) is 16.6. The smallest absolute Gasteiger partial charge is 0.408 e. The van der Waals surface area contributed by atoms with Crippen molar-refractivity contribution in [2.24, 2.45) is 11.7 Å². The predicted octanol–water partition coefficient (Wildman–Crippen LogP) is 9.02. The number of hydrogen-bond acceptors (Lipinski definition) is 7. The van der Waals surface area contributed by atoms with Crippen molar-refractivity contribution in [2.75, 3.05) is 13.2 Å². The molecule has 0 bridgehead atoms. The van der Waals surface area contributed by atoms with Crippen LogP contribution < -0.4 is 20.5 Å². The van der Waals surface area contributed by atoms with Crippen LogP contribution in [0.2, 0.25) is 0 Å². The molecule has 1 amide bonds. The molecule has 3 aromatic carbocycles. The van der Waals surface area contributed by atoms with Gasteiger partial charge in [0.15, 0.2) is 5.65 Å². The Hall–Kier alpha value is -4.67. The molecule has 0 saturated carbocycles. The number of nitrogens with one attached hydrogen (secondary N) is 1.